The molecule has 0 amide bonds. The fraction of sp³-hybridized carbons (Fsp3) is 0.476. The lowest BCUT2D eigenvalue weighted by atomic mass is 10.1. The van der Waals surface area contributed by atoms with Crippen molar-refractivity contribution >= 4 is 5.96 Å². The summed E-state index contributed by atoms with van der Waals surface area (Å²) in [5.41, 5.74) is 0.0546. The summed E-state index contributed by atoms with van der Waals surface area (Å²) in [7, 11) is 0. The molecule has 1 aliphatic rings. The highest BCUT2D eigenvalue weighted by Gasteiger charge is 2.29. The van der Waals surface area contributed by atoms with Crippen molar-refractivity contribution in [3.8, 4) is 0 Å². The Morgan fingerprint density at radius 1 is 1.03 bits per heavy atom. The molecule has 1 aromatic heterocycles. The number of aliphatic imine (C=N–C) groups is 1. The van der Waals surface area contributed by atoms with Gasteiger partial charge in [0.2, 0.25) is 0 Å². The summed E-state index contributed by atoms with van der Waals surface area (Å²) in [5.74, 6) is 1.49. The molecular weight excluding hydrogens is 397 g/mol. The van der Waals surface area contributed by atoms with Gasteiger partial charge in [-0.15, -0.1) is 0 Å². The summed E-state index contributed by atoms with van der Waals surface area (Å²) in [6.45, 7) is 5.79. The monoisotopic (exact) mass is 424 g/mol. The molecule has 0 radical (unpaired) electrons. The number of halogens is 3. The highest BCUT2D eigenvalue weighted by molar-refractivity contribution is 5.79. The Balaban J connectivity index is 1.53. The van der Waals surface area contributed by atoms with Crippen LogP contribution in [0.2, 0.25) is 0 Å². The van der Waals surface area contributed by atoms with E-state index in [4.69, 9.17) is 9.15 Å². The molecule has 3 rings (SSSR count). The van der Waals surface area contributed by atoms with Gasteiger partial charge >= 0.3 is 6.18 Å². The Morgan fingerprint density at radius 3 is 2.43 bits per heavy atom. The zero-order chi connectivity index (χ0) is 21.2. The van der Waals surface area contributed by atoms with Gasteiger partial charge < -0.3 is 19.8 Å². The van der Waals surface area contributed by atoms with E-state index in [2.05, 4.69) is 20.5 Å². The van der Waals surface area contributed by atoms with Crippen molar-refractivity contribution in [2.24, 2.45) is 4.99 Å². The molecular formula is C21H27F3N4O2. The van der Waals surface area contributed by atoms with Crippen molar-refractivity contribution in [3.05, 3.63) is 59.5 Å². The Morgan fingerprint density at radius 2 is 1.77 bits per heavy atom. The zero-order valence-electron chi connectivity index (χ0n) is 16.8. The maximum absolute atomic E-state index is 12.7. The van der Waals surface area contributed by atoms with E-state index in [0.29, 0.717) is 31.0 Å². The van der Waals surface area contributed by atoms with Gasteiger partial charge in [-0.1, -0.05) is 12.1 Å². The van der Waals surface area contributed by atoms with Gasteiger partial charge in [0.25, 0.3) is 0 Å². The third kappa shape index (κ3) is 7.38. The molecule has 9 heteroatoms. The lowest BCUT2D eigenvalue weighted by Crippen LogP contribution is -2.44. The smallest absolute Gasteiger partial charge is 0.416 e. The van der Waals surface area contributed by atoms with Crippen LogP contribution in [0.1, 0.15) is 16.9 Å². The van der Waals surface area contributed by atoms with Crippen molar-refractivity contribution in [1.29, 1.82) is 0 Å². The second-order valence-corrected chi connectivity index (χ2v) is 7.00. The molecule has 164 valence electrons. The van der Waals surface area contributed by atoms with E-state index in [9.17, 15) is 13.2 Å². The average Bonchev–Trinajstić information content (AvgIpc) is 3.25. The summed E-state index contributed by atoms with van der Waals surface area (Å²) in [6, 6.07) is 8.84. The molecule has 1 aliphatic heterocycles. The standard InChI is InChI=1S/C21H27F3N4O2/c22-21(23,24)18-5-3-17(4-6-18)16-27-20(25-8-7-19-2-1-13-30-19)26-9-10-28-11-14-29-15-12-28/h1-6,13H,7-12,14-16H2,(H2,25,26,27). The number of hydrogen-bond acceptors (Lipinski definition) is 4. The first-order valence-corrected chi connectivity index (χ1v) is 10.0. The molecule has 0 spiro atoms. The number of hydrogen-bond donors (Lipinski definition) is 2. The topological polar surface area (TPSA) is 62.0 Å². The molecule has 1 aromatic carbocycles. The minimum atomic E-state index is -4.33. The van der Waals surface area contributed by atoms with Gasteiger partial charge in [0.15, 0.2) is 5.96 Å². The van der Waals surface area contributed by atoms with E-state index in [-0.39, 0.29) is 6.54 Å². The quantitative estimate of drug-likeness (QED) is 0.504. The molecule has 2 aromatic rings. The number of nitrogens with zero attached hydrogens (tertiary/aromatic N) is 2. The normalized spacial score (nSPS) is 15.9. The number of alkyl halides is 3. The first kappa shape index (κ1) is 22.2. The predicted octanol–water partition coefficient (Wildman–Crippen LogP) is 2.91. The summed E-state index contributed by atoms with van der Waals surface area (Å²) < 4.78 is 48.8. The molecule has 0 unspecified atom stereocenters. The van der Waals surface area contributed by atoms with Gasteiger partial charge in [0.05, 0.1) is 31.6 Å². The van der Waals surface area contributed by atoms with Gasteiger partial charge in [0.1, 0.15) is 5.76 Å². The number of guanidine groups is 1. The molecule has 0 aliphatic carbocycles. The minimum absolute atomic E-state index is 0.284. The second-order valence-electron chi connectivity index (χ2n) is 7.00. The molecule has 0 saturated carbocycles. The fourth-order valence-corrected chi connectivity index (χ4v) is 3.06. The average molecular weight is 424 g/mol. The molecule has 0 atom stereocenters. The summed E-state index contributed by atoms with van der Waals surface area (Å²) in [6.07, 6.45) is -1.99. The maximum Gasteiger partial charge on any atom is 0.416 e. The fourth-order valence-electron chi connectivity index (χ4n) is 3.06. The maximum atomic E-state index is 12.7. The van der Waals surface area contributed by atoms with Crippen LogP contribution in [0.25, 0.3) is 0 Å². The Kier molecular flexibility index (Phi) is 8.15. The lowest BCUT2D eigenvalue weighted by Gasteiger charge is -2.26. The van der Waals surface area contributed by atoms with Crippen LogP contribution in [0, 0.1) is 0 Å². The van der Waals surface area contributed by atoms with Crippen LogP contribution in [0.3, 0.4) is 0 Å². The molecule has 2 heterocycles. The van der Waals surface area contributed by atoms with Crippen LogP contribution in [0.5, 0.6) is 0 Å². The summed E-state index contributed by atoms with van der Waals surface area (Å²) >= 11 is 0. The molecule has 6 nitrogen and oxygen atoms in total. The Labute approximate surface area is 174 Å². The van der Waals surface area contributed by atoms with Gasteiger partial charge in [-0.2, -0.15) is 13.2 Å². The minimum Gasteiger partial charge on any atom is -0.469 e. The Hall–Kier alpha value is -2.52. The number of benzene rings is 1. The largest absolute Gasteiger partial charge is 0.469 e. The van der Waals surface area contributed by atoms with Crippen LogP contribution in [-0.2, 0) is 23.9 Å². The van der Waals surface area contributed by atoms with Crippen molar-refractivity contribution in [2.45, 2.75) is 19.1 Å². The van der Waals surface area contributed by atoms with E-state index >= 15 is 0 Å². The summed E-state index contributed by atoms with van der Waals surface area (Å²) in [4.78, 5) is 6.84. The number of nitrogens with one attached hydrogen (secondary N) is 2. The first-order chi connectivity index (χ1) is 14.5. The number of furan rings is 1. The number of rotatable bonds is 8. The van der Waals surface area contributed by atoms with E-state index in [1.54, 1.807) is 6.26 Å². The zero-order valence-corrected chi connectivity index (χ0v) is 16.8. The molecule has 1 fully saturated rings. The summed E-state index contributed by atoms with van der Waals surface area (Å²) in [5, 5.41) is 6.56. The van der Waals surface area contributed by atoms with Crippen molar-refractivity contribution in [2.75, 3.05) is 45.9 Å². The number of morpholine rings is 1. The van der Waals surface area contributed by atoms with Crippen molar-refractivity contribution in [3.63, 3.8) is 0 Å². The van der Waals surface area contributed by atoms with E-state index < -0.39 is 11.7 Å². The third-order valence-electron chi connectivity index (χ3n) is 4.77. The molecule has 30 heavy (non-hydrogen) atoms. The van der Waals surface area contributed by atoms with Crippen molar-refractivity contribution < 1.29 is 22.3 Å². The van der Waals surface area contributed by atoms with Crippen LogP contribution in [0.15, 0.2) is 52.1 Å². The van der Waals surface area contributed by atoms with Gasteiger partial charge in [0, 0.05) is 39.1 Å². The van der Waals surface area contributed by atoms with Gasteiger partial charge in [-0.25, -0.2) is 4.99 Å². The van der Waals surface area contributed by atoms with Gasteiger partial charge in [-0.3, -0.25) is 4.90 Å². The van der Waals surface area contributed by atoms with Crippen LogP contribution >= 0.6 is 0 Å². The number of ether oxygens (including phenoxy) is 1. The molecule has 0 bridgehead atoms. The highest BCUT2D eigenvalue weighted by Crippen LogP contribution is 2.29. The van der Waals surface area contributed by atoms with Crippen molar-refractivity contribution in [1.82, 2.24) is 15.5 Å². The SMILES string of the molecule is FC(F)(F)c1ccc(CN=C(NCCc2ccco2)NCCN2CCOCC2)cc1. The van der Waals surface area contributed by atoms with Crippen LogP contribution < -0.4 is 10.6 Å². The van der Waals surface area contributed by atoms with E-state index in [1.165, 1.54) is 12.1 Å². The van der Waals surface area contributed by atoms with Crippen LogP contribution in [0.4, 0.5) is 13.2 Å². The lowest BCUT2D eigenvalue weighted by molar-refractivity contribution is -0.137. The van der Waals surface area contributed by atoms with Crippen LogP contribution in [-0.4, -0.2) is 56.8 Å². The first-order valence-electron chi connectivity index (χ1n) is 10.0. The second kappa shape index (κ2) is 11.0. The molecule has 1 saturated heterocycles. The Bertz CT molecular complexity index is 771. The third-order valence-corrected chi connectivity index (χ3v) is 4.77. The molecule has 2 N–H and O–H groups in total. The van der Waals surface area contributed by atoms with E-state index in [0.717, 1.165) is 50.7 Å². The van der Waals surface area contributed by atoms with E-state index in [1.807, 2.05) is 12.1 Å². The predicted molar refractivity (Wildman–Crippen MR) is 108 cm³/mol. The van der Waals surface area contributed by atoms with Gasteiger partial charge in [-0.05, 0) is 29.8 Å². The highest BCUT2D eigenvalue weighted by atomic mass is 19.4.